The molecule has 0 spiro atoms. The highest BCUT2D eigenvalue weighted by atomic mass is 32.2. The molecule has 43 heavy (non-hydrogen) atoms. The molecular formula is C33H34N2O6S2. The van der Waals surface area contributed by atoms with Gasteiger partial charge in [0.25, 0.3) is 10.0 Å². The lowest BCUT2D eigenvalue weighted by molar-refractivity contribution is -0.268. The largest absolute Gasteiger partial charge is 0.392 e. The first-order valence-electron chi connectivity index (χ1n) is 13.9. The van der Waals surface area contributed by atoms with Crippen molar-refractivity contribution in [1.29, 1.82) is 0 Å². The van der Waals surface area contributed by atoms with Gasteiger partial charge >= 0.3 is 0 Å². The Kier molecular flexibility index (Phi) is 9.84. The quantitative estimate of drug-likeness (QED) is 0.173. The number of benzene rings is 4. The Morgan fingerprint density at radius 1 is 0.860 bits per heavy atom. The van der Waals surface area contributed by atoms with E-state index < -0.39 is 16.3 Å². The summed E-state index contributed by atoms with van der Waals surface area (Å²) in [4.78, 5) is 12.6. The van der Waals surface area contributed by atoms with Crippen LogP contribution in [0, 0.1) is 5.92 Å². The predicted molar refractivity (Wildman–Crippen MR) is 168 cm³/mol. The Hall–Kier alpha value is -3.67. The summed E-state index contributed by atoms with van der Waals surface area (Å²) in [5.74, 6) is 0.513. The number of sulfonamides is 1. The lowest BCUT2D eigenvalue weighted by Crippen LogP contribution is -2.38. The van der Waals surface area contributed by atoms with Crippen LogP contribution >= 0.6 is 11.8 Å². The molecule has 1 aliphatic heterocycles. The van der Waals surface area contributed by atoms with Crippen LogP contribution in [0.25, 0.3) is 0 Å². The van der Waals surface area contributed by atoms with Crippen LogP contribution in [0.5, 0.6) is 0 Å². The van der Waals surface area contributed by atoms with E-state index in [4.69, 9.17) is 9.47 Å². The molecule has 1 saturated heterocycles. The van der Waals surface area contributed by atoms with Crippen LogP contribution in [-0.4, -0.2) is 31.3 Å². The Morgan fingerprint density at radius 2 is 1.58 bits per heavy atom. The molecule has 224 valence electrons. The molecule has 1 amide bonds. The molecule has 1 fully saturated rings. The van der Waals surface area contributed by atoms with Crippen LogP contribution in [0.4, 0.5) is 11.4 Å². The second-order valence-electron chi connectivity index (χ2n) is 10.4. The fourth-order valence-electron chi connectivity index (χ4n) is 4.89. The van der Waals surface area contributed by atoms with Crippen LogP contribution in [0.3, 0.4) is 0 Å². The van der Waals surface area contributed by atoms with Gasteiger partial charge in [0.15, 0.2) is 6.29 Å². The summed E-state index contributed by atoms with van der Waals surface area (Å²) in [7, 11) is -3.77. The number of anilines is 2. The van der Waals surface area contributed by atoms with E-state index in [0.717, 1.165) is 21.7 Å². The number of amides is 1. The van der Waals surface area contributed by atoms with Gasteiger partial charge in [-0.2, -0.15) is 0 Å². The monoisotopic (exact) mass is 618 g/mol. The molecule has 0 saturated carbocycles. The van der Waals surface area contributed by atoms with Gasteiger partial charge in [0, 0.05) is 40.4 Å². The molecule has 4 aromatic carbocycles. The minimum atomic E-state index is -3.77. The van der Waals surface area contributed by atoms with Gasteiger partial charge in [0.05, 0.1) is 23.7 Å². The maximum absolute atomic E-state index is 13.0. The van der Waals surface area contributed by atoms with Crippen molar-refractivity contribution in [1.82, 2.24) is 0 Å². The van der Waals surface area contributed by atoms with E-state index in [-0.39, 0.29) is 35.5 Å². The van der Waals surface area contributed by atoms with Crippen molar-refractivity contribution in [3.05, 3.63) is 120 Å². The zero-order chi connectivity index (χ0) is 30.4. The van der Waals surface area contributed by atoms with Gasteiger partial charge in [0.1, 0.15) is 0 Å². The van der Waals surface area contributed by atoms with Crippen molar-refractivity contribution in [2.75, 3.05) is 15.8 Å². The first-order chi connectivity index (χ1) is 20.7. The fraction of sp³-hybridized carbons (Fsp3) is 0.242. The van der Waals surface area contributed by atoms with E-state index in [1.807, 2.05) is 54.6 Å². The summed E-state index contributed by atoms with van der Waals surface area (Å²) in [6.07, 6.45) is -1.25. The summed E-state index contributed by atoms with van der Waals surface area (Å²) in [5.41, 5.74) is 3.61. The highest BCUT2D eigenvalue weighted by Gasteiger charge is 2.38. The van der Waals surface area contributed by atoms with Gasteiger partial charge in [0.2, 0.25) is 5.91 Å². The SMILES string of the molecule is CC(=O)Nc1ccc(SC[C@H]2O[C@@H](c3cccc(NS(=O)(=O)c4ccccc4)c3)O[C@@H](c3ccc(CO)cc3)[C@H]2C)cc1. The number of thioether (sulfide) groups is 1. The third-order valence-electron chi connectivity index (χ3n) is 7.18. The third-order valence-corrected chi connectivity index (χ3v) is 9.67. The normalized spacial score (nSPS) is 20.3. The van der Waals surface area contributed by atoms with E-state index in [0.29, 0.717) is 17.0 Å². The van der Waals surface area contributed by atoms with Crippen LogP contribution < -0.4 is 10.0 Å². The topological polar surface area (TPSA) is 114 Å². The molecule has 4 aromatic rings. The summed E-state index contributed by atoms with van der Waals surface area (Å²) in [6.45, 7) is 3.53. The number of nitrogens with one attached hydrogen (secondary N) is 2. The molecule has 0 unspecified atom stereocenters. The number of rotatable bonds is 10. The van der Waals surface area contributed by atoms with Gasteiger partial charge in [-0.25, -0.2) is 8.42 Å². The van der Waals surface area contributed by atoms with E-state index in [1.54, 1.807) is 60.3 Å². The molecule has 4 atom stereocenters. The number of carbonyl (C=O) groups is 1. The zero-order valence-electron chi connectivity index (χ0n) is 23.8. The molecule has 5 rings (SSSR count). The van der Waals surface area contributed by atoms with Gasteiger partial charge < -0.3 is 19.9 Å². The Bertz CT molecular complexity index is 1630. The lowest BCUT2D eigenvalue weighted by atomic mass is 9.91. The Labute approximate surface area is 256 Å². The maximum atomic E-state index is 13.0. The van der Waals surface area contributed by atoms with Gasteiger partial charge in [-0.3, -0.25) is 9.52 Å². The zero-order valence-corrected chi connectivity index (χ0v) is 25.5. The molecular weight excluding hydrogens is 585 g/mol. The fourth-order valence-corrected chi connectivity index (χ4v) is 7.03. The van der Waals surface area contributed by atoms with E-state index >= 15 is 0 Å². The lowest BCUT2D eigenvalue weighted by Gasteiger charge is -2.41. The predicted octanol–water partition coefficient (Wildman–Crippen LogP) is 6.52. The highest BCUT2D eigenvalue weighted by molar-refractivity contribution is 7.99. The van der Waals surface area contributed by atoms with Gasteiger partial charge in [-0.1, -0.05) is 61.5 Å². The minimum Gasteiger partial charge on any atom is -0.392 e. The number of aliphatic hydroxyl groups excluding tert-OH is 1. The van der Waals surface area contributed by atoms with Crippen molar-refractivity contribution >= 4 is 39.1 Å². The number of hydrogen-bond acceptors (Lipinski definition) is 7. The molecule has 0 aliphatic carbocycles. The van der Waals surface area contributed by atoms with Crippen molar-refractivity contribution in [2.45, 2.75) is 48.7 Å². The summed E-state index contributed by atoms with van der Waals surface area (Å²) < 4.78 is 41.6. The number of carbonyl (C=O) groups excluding carboxylic acids is 1. The Balaban J connectivity index is 1.38. The van der Waals surface area contributed by atoms with Gasteiger partial charge in [-0.15, -0.1) is 11.8 Å². The number of hydrogen-bond donors (Lipinski definition) is 3. The van der Waals surface area contributed by atoms with E-state index in [1.165, 1.54) is 6.92 Å². The minimum absolute atomic E-state index is 0.0119. The van der Waals surface area contributed by atoms with Crippen molar-refractivity contribution in [2.24, 2.45) is 5.92 Å². The second-order valence-corrected chi connectivity index (χ2v) is 13.2. The highest BCUT2D eigenvalue weighted by Crippen LogP contribution is 2.43. The summed E-state index contributed by atoms with van der Waals surface area (Å²) >= 11 is 1.65. The summed E-state index contributed by atoms with van der Waals surface area (Å²) in [6, 6.07) is 30.6. The molecule has 1 heterocycles. The third kappa shape index (κ3) is 7.84. The first-order valence-corrected chi connectivity index (χ1v) is 16.4. The van der Waals surface area contributed by atoms with Crippen molar-refractivity contribution in [3.8, 4) is 0 Å². The number of ether oxygens (including phenoxy) is 2. The van der Waals surface area contributed by atoms with Crippen LogP contribution in [0.15, 0.2) is 113 Å². The molecule has 0 bridgehead atoms. The van der Waals surface area contributed by atoms with Crippen molar-refractivity contribution < 1.29 is 27.8 Å². The van der Waals surface area contributed by atoms with Crippen LogP contribution in [0.2, 0.25) is 0 Å². The standard InChI is InChI=1S/C33H34N2O6S2/c1-22-31(21-42-29-17-15-27(16-18-29)34-23(2)37)40-33(41-32(22)25-13-11-24(20-36)12-14-25)26-7-6-8-28(19-26)35-43(38,39)30-9-4-3-5-10-30/h3-19,22,31-33,35-36H,20-21H2,1-2H3,(H,34,37)/t22-,31+,32+,33+/m0/s1. The molecule has 8 nitrogen and oxygen atoms in total. The average molecular weight is 619 g/mol. The molecule has 0 radical (unpaired) electrons. The molecule has 10 heteroatoms. The van der Waals surface area contributed by atoms with E-state index in [2.05, 4.69) is 17.0 Å². The first kappa shape index (κ1) is 30.8. The molecule has 3 N–H and O–H groups in total. The Morgan fingerprint density at radius 3 is 2.26 bits per heavy atom. The maximum Gasteiger partial charge on any atom is 0.261 e. The van der Waals surface area contributed by atoms with Crippen LogP contribution in [-0.2, 0) is 30.9 Å². The van der Waals surface area contributed by atoms with Gasteiger partial charge in [-0.05, 0) is 59.7 Å². The summed E-state index contributed by atoms with van der Waals surface area (Å²) in [5, 5.41) is 12.3. The smallest absolute Gasteiger partial charge is 0.261 e. The molecule has 0 aromatic heterocycles. The second kappa shape index (κ2) is 13.7. The average Bonchev–Trinajstić information content (AvgIpc) is 3.01. The van der Waals surface area contributed by atoms with E-state index in [9.17, 15) is 18.3 Å². The van der Waals surface area contributed by atoms with Crippen molar-refractivity contribution in [3.63, 3.8) is 0 Å². The molecule has 1 aliphatic rings. The van der Waals surface area contributed by atoms with Crippen LogP contribution in [0.1, 0.15) is 42.9 Å². The number of aliphatic hydroxyl groups is 1.